The zero-order chi connectivity index (χ0) is 22.0. The van der Waals surface area contributed by atoms with Gasteiger partial charge in [-0.25, -0.2) is 4.98 Å². The smallest absolute Gasteiger partial charge is 0.274 e. The lowest BCUT2D eigenvalue weighted by Gasteiger charge is -2.30. The second-order valence-electron chi connectivity index (χ2n) is 8.51. The predicted octanol–water partition coefficient (Wildman–Crippen LogP) is 4.95. The van der Waals surface area contributed by atoms with E-state index in [1.807, 2.05) is 18.2 Å². The minimum atomic E-state index is -0.394. The second-order valence-corrected chi connectivity index (χ2v) is 8.51. The number of rotatable bonds is 5. The van der Waals surface area contributed by atoms with Crippen LogP contribution in [0, 0.1) is 23.2 Å². The average molecular weight is 418 g/mol. The average Bonchev–Trinajstić information content (AvgIpc) is 3.21. The minimum absolute atomic E-state index is 0.179. The first kappa shape index (κ1) is 20.9. The maximum atomic E-state index is 12.7. The van der Waals surface area contributed by atoms with E-state index >= 15 is 0 Å². The molecule has 0 bridgehead atoms. The molecule has 1 fully saturated rings. The topological polar surface area (TPSA) is 92.8 Å². The molecule has 7 nitrogen and oxygen atoms in total. The molecule has 2 heterocycles. The van der Waals surface area contributed by atoms with Crippen LogP contribution in [0.25, 0.3) is 10.9 Å². The molecule has 160 valence electrons. The Morgan fingerprint density at radius 1 is 1.26 bits per heavy atom. The summed E-state index contributed by atoms with van der Waals surface area (Å²) in [5.41, 5.74) is 1.76. The van der Waals surface area contributed by atoms with Gasteiger partial charge in [0.15, 0.2) is 0 Å². The second kappa shape index (κ2) is 8.76. The molecule has 1 amide bonds. The van der Waals surface area contributed by atoms with Crippen LogP contribution in [0.1, 0.15) is 61.8 Å². The van der Waals surface area contributed by atoms with Gasteiger partial charge in [-0.15, -0.1) is 0 Å². The number of hydrogen-bond acceptors (Lipinski definition) is 5. The number of carbonyl (C=O) groups excluding carboxylic acids is 1. The number of nitrogens with one attached hydrogen (secondary N) is 1. The highest BCUT2D eigenvalue weighted by Crippen LogP contribution is 2.37. The van der Waals surface area contributed by atoms with E-state index in [2.05, 4.69) is 35.0 Å². The van der Waals surface area contributed by atoms with Crippen molar-refractivity contribution in [3.8, 4) is 11.8 Å². The predicted molar refractivity (Wildman–Crippen MR) is 119 cm³/mol. The maximum Gasteiger partial charge on any atom is 0.274 e. The molecule has 0 unspecified atom stereocenters. The number of fused-ring (bicyclic) bond motifs is 1. The number of pyridine rings is 1. The summed E-state index contributed by atoms with van der Waals surface area (Å²) in [6.45, 7) is 4.61. The van der Waals surface area contributed by atoms with E-state index < -0.39 is 5.91 Å². The molecule has 1 N–H and O–H groups in total. The third-order valence-electron chi connectivity index (χ3n) is 6.25. The molecule has 0 atom stereocenters. The molecule has 1 saturated carbocycles. The van der Waals surface area contributed by atoms with Crippen molar-refractivity contribution in [3.63, 3.8) is 0 Å². The molecular weight excluding hydrogens is 390 g/mol. The van der Waals surface area contributed by atoms with Crippen LogP contribution in [-0.2, 0) is 0 Å². The number of methoxy groups -OCH3 is 1. The Labute approximate surface area is 182 Å². The van der Waals surface area contributed by atoms with Gasteiger partial charge in [-0.3, -0.25) is 9.48 Å². The summed E-state index contributed by atoms with van der Waals surface area (Å²) in [7, 11) is 1.57. The molecule has 31 heavy (non-hydrogen) atoms. The van der Waals surface area contributed by atoms with Gasteiger partial charge in [0.25, 0.3) is 5.91 Å². The Balaban J connectivity index is 1.57. The fourth-order valence-corrected chi connectivity index (χ4v) is 4.37. The molecule has 2 aromatic heterocycles. The van der Waals surface area contributed by atoms with Crippen LogP contribution >= 0.6 is 0 Å². The fraction of sp³-hybridized carbons (Fsp3) is 0.417. The van der Waals surface area contributed by atoms with E-state index in [4.69, 9.17) is 15.1 Å². The number of ether oxygens (including phenoxy) is 1. The van der Waals surface area contributed by atoms with Crippen LogP contribution in [0.4, 0.5) is 5.69 Å². The first-order valence-electron chi connectivity index (χ1n) is 10.7. The van der Waals surface area contributed by atoms with E-state index in [0.29, 0.717) is 17.5 Å². The minimum Gasteiger partial charge on any atom is -0.494 e. The van der Waals surface area contributed by atoms with Gasteiger partial charge in [-0.05, 0) is 55.7 Å². The zero-order valence-corrected chi connectivity index (χ0v) is 18.1. The summed E-state index contributed by atoms with van der Waals surface area (Å²) in [5, 5.41) is 17.6. The monoisotopic (exact) mass is 417 g/mol. The Kier molecular flexibility index (Phi) is 5.90. The number of aromatic nitrogens is 3. The van der Waals surface area contributed by atoms with Gasteiger partial charge in [-0.2, -0.15) is 10.4 Å². The van der Waals surface area contributed by atoms with Gasteiger partial charge >= 0.3 is 0 Å². The number of benzene rings is 1. The van der Waals surface area contributed by atoms with Crippen molar-refractivity contribution in [2.75, 3.05) is 12.4 Å². The van der Waals surface area contributed by atoms with Crippen molar-refractivity contribution >= 4 is 22.5 Å². The largest absolute Gasteiger partial charge is 0.494 e. The van der Waals surface area contributed by atoms with Crippen LogP contribution < -0.4 is 10.1 Å². The molecular formula is C24H27N5O2. The van der Waals surface area contributed by atoms with Gasteiger partial charge in [0, 0.05) is 17.6 Å². The fourth-order valence-electron chi connectivity index (χ4n) is 4.37. The van der Waals surface area contributed by atoms with Gasteiger partial charge in [-0.1, -0.05) is 19.9 Å². The Hall–Kier alpha value is -3.40. The number of amides is 1. The van der Waals surface area contributed by atoms with Crippen molar-refractivity contribution in [2.45, 2.75) is 45.6 Å². The highest BCUT2D eigenvalue weighted by molar-refractivity contribution is 6.05. The molecule has 0 saturated heterocycles. The van der Waals surface area contributed by atoms with E-state index in [1.54, 1.807) is 25.3 Å². The van der Waals surface area contributed by atoms with Gasteiger partial charge < -0.3 is 10.1 Å². The van der Waals surface area contributed by atoms with Gasteiger partial charge in [0.1, 0.15) is 23.2 Å². The third kappa shape index (κ3) is 4.38. The first-order chi connectivity index (χ1) is 15.0. The SMILES string of the molecule is COc1cc2nn([C@H]3CC[C@H](C(C)C)CC3)cc2cc1NC(=O)c1cccc(C#N)n1. The molecule has 0 aliphatic heterocycles. The van der Waals surface area contributed by atoms with E-state index in [9.17, 15) is 4.79 Å². The number of anilines is 1. The van der Waals surface area contributed by atoms with Crippen LogP contribution in [0.3, 0.4) is 0 Å². The van der Waals surface area contributed by atoms with Crippen molar-refractivity contribution in [3.05, 3.63) is 47.9 Å². The summed E-state index contributed by atoms with van der Waals surface area (Å²) in [4.78, 5) is 16.7. The lowest BCUT2D eigenvalue weighted by atomic mass is 9.80. The Morgan fingerprint density at radius 2 is 2.03 bits per heavy atom. The maximum absolute atomic E-state index is 12.7. The number of nitrogens with zero attached hydrogens (tertiary/aromatic N) is 4. The van der Waals surface area contributed by atoms with Crippen LogP contribution in [0.15, 0.2) is 36.5 Å². The van der Waals surface area contributed by atoms with Crippen molar-refractivity contribution in [1.29, 1.82) is 5.26 Å². The number of nitriles is 1. The molecule has 7 heteroatoms. The van der Waals surface area contributed by atoms with E-state index in [-0.39, 0.29) is 11.4 Å². The third-order valence-corrected chi connectivity index (χ3v) is 6.25. The number of hydrogen-bond donors (Lipinski definition) is 1. The zero-order valence-electron chi connectivity index (χ0n) is 18.1. The van der Waals surface area contributed by atoms with Crippen LogP contribution in [0.5, 0.6) is 5.75 Å². The van der Waals surface area contributed by atoms with Crippen LogP contribution in [-0.4, -0.2) is 27.8 Å². The molecule has 4 rings (SSSR count). The number of carbonyl (C=O) groups is 1. The first-order valence-corrected chi connectivity index (χ1v) is 10.7. The molecule has 0 radical (unpaired) electrons. The highest BCUT2D eigenvalue weighted by Gasteiger charge is 2.25. The van der Waals surface area contributed by atoms with E-state index in [1.165, 1.54) is 12.8 Å². The molecule has 1 aliphatic rings. The van der Waals surface area contributed by atoms with Crippen LogP contribution in [0.2, 0.25) is 0 Å². The summed E-state index contributed by atoms with van der Waals surface area (Å²) in [6.07, 6.45) is 6.80. The quantitative estimate of drug-likeness (QED) is 0.634. The summed E-state index contributed by atoms with van der Waals surface area (Å²) < 4.78 is 7.57. The Morgan fingerprint density at radius 3 is 2.71 bits per heavy atom. The molecule has 1 aliphatic carbocycles. The summed E-state index contributed by atoms with van der Waals surface area (Å²) >= 11 is 0. The van der Waals surface area contributed by atoms with Crippen molar-refractivity contribution in [2.24, 2.45) is 11.8 Å². The Bertz CT molecular complexity index is 1140. The summed E-state index contributed by atoms with van der Waals surface area (Å²) in [6, 6.07) is 10.9. The standard InChI is InChI=1S/C24H27N5O2/c1-15(2)16-7-9-19(10-8-16)29-14-17-11-22(23(31-3)12-21(17)28-29)27-24(30)20-6-4-5-18(13-25)26-20/h4-6,11-12,14-16,19H,7-10H2,1-3H3,(H,27,30)/t16-,19-. The van der Waals surface area contributed by atoms with E-state index in [0.717, 1.165) is 35.6 Å². The van der Waals surface area contributed by atoms with Gasteiger partial charge in [0.2, 0.25) is 0 Å². The molecule has 1 aromatic carbocycles. The normalized spacial score (nSPS) is 18.7. The molecule has 0 spiro atoms. The van der Waals surface area contributed by atoms with Crippen molar-refractivity contribution in [1.82, 2.24) is 14.8 Å². The molecule has 3 aromatic rings. The van der Waals surface area contributed by atoms with Gasteiger partial charge in [0.05, 0.1) is 24.4 Å². The van der Waals surface area contributed by atoms with Crippen molar-refractivity contribution < 1.29 is 9.53 Å². The lowest BCUT2D eigenvalue weighted by molar-refractivity contribution is 0.102. The lowest BCUT2D eigenvalue weighted by Crippen LogP contribution is -2.21. The summed E-state index contributed by atoms with van der Waals surface area (Å²) in [5.74, 6) is 1.67. The highest BCUT2D eigenvalue weighted by atomic mass is 16.5.